The Kier molecular flexibility index (Phi) is 4.22. The summed E-state index contributed by atoms with van der Waals surface area (Å²) in [4.78, 5) is 0.166. The maximum atomic E-state index is 12.6. The van der Waals surface area contributed by atoms with Gasteiger partial charge in [0.25, 0.3) is 0 Å². The molecule has 0 aliphatic heterocycles. The number of thiocarbonyl (C=S) groups is 1. The van der Waals surface area contributed by atoms with Gasteiger partial charge in [-0.2, -0.15) is 4.31 Å². The maximum Gasteiger partial charge on any atom is 0.243 e. The van der Waals surface area contributed by atoms with Crippen LogP contribution in [0.15, 0.2) is 52.2 Å². The molecule has 0 aliphatic carbocycles. The highest BCUT2D eigenvalue weighted by Gasteiger charge is 2.24. The molecular formula is C13H14N2O3S2. The van der Waals surface area contributed by atoms with Gasteiger partial charge in [-0.15, -0.1) is 0 Å². The van der Waals surface area contributed by atoms with Crippen LogP contribution in [0, 0.1) is 0 Å². The first kappa shape index (κ1) is 14.7. The topological polar surface area (TPSA) is 76.5 Å². The fourth-order valence-electron chi connectivity index (χ4n) is 1.79. The van der Waals surface area contributed by atoms with Gasteiger partial charge in [0.1, 0.15) is 4.99 Å². The SMILES string of the molecule is CN(Cc1ccoc1)S(=O)(=O)c1ccccc1C(N)=S. The smallest absolute Gasteiger partial charge is 0.243 e. The van der Waals surface area contributed by atoms with Gasteiger partial charge < -0.3 is 10.2 Å². The second kappa shape index (κ2) is 5.74. The Morgan fingerprint density at radius 1 is 1.35 bits per heavy atom. The lowest BCUT2D eigenvalue weighted by atomic mass is 10.2. The highest BCUT2D eigenvalue weighted by molar-refractivity contribution is 7.89. The van der Waals surface area contributed by atoms with Crippen LogP contribution in [-0.4, -0.2) is 24.8 Å². The maximum absolute atomic E-state index is 12.6. The van der Waals surface area contributed by atoms with E-state index in [1.807, 2.05) is 0 Å². The molecule has 0 unspecified atom stereocenters. The molecule has 0 saturated carbocycles. The fourth-order valence-corrected chi connectivity index (χ4v) is 3.39. The number of nitrogens with two attached hydrogens (primary N) is 1. The lowest BCUT2D eigenvalue weighted by molar-refractivity contribution is 0.463. The van der Waals surface area contributed by atoms with Crippen molar-refractivity contribution in [3.05, 3.63) is 54.0 Å². The quantitative estimate of drug-likeness (QED) is 0.851. The zero-order valence-corrected chi connectivity index (χ0v) is 12.4. The number of benzene rings is 1. The molecule has 7 heteroatoms. The van der Waals surface area contributed by atoms with Crippen molar-refractivity contribution in [1.82, 2.24) is 4.31 Å². The molecule has 0 radical (unpaired) electrons. The van der Waals surface area contributed by atoms with E-state index in [9.17, 15) is 8.42 Å². The van der Waals surface area contributed by atoms with E-state index >= 15 is 0 Å². The summed E-state index contributed by atoms with van der Waals surface area (Å²) in [7, 11) is -2.17. The summed E-state index contributed by atoms with van der Waals surface area (Å²) in [5.74, 6) is 0. The van der Waals surface area contributed by atoms with Gasteiger partial charge in [-0.25, -0.2) is 8.42 Å². The molecular weight excluding hydrogens is 296 g/mol. The summed E-state index contributed by atoms with van der Waals surface area (Å²) in [6.07, 6.45) is 3.00. The molecule has 0 fully saturated rings. The number of hydrogen-bond acceptors (Lipinski definition) is 4. The van der Waals surface area contributed by atoms with Gasteiger partial charge in [-0.3, -0.25) is 0 Å². The minimum Gasteiger partial charge on any atom is -0.472 e. The minimum absolute atomic E-state index is 0.0564. The third-order valence-electron chi connectivity index (χ3n) is 2.83. The molecule has 5 nitrogen and oxygen atoms in total. The summed E-state index contributed by atoms with van der Waals surface area (Å²) in [6, 6.07) is 8.14. The first-order valence-electron chi connectivity index (χ1n) is 5.79. The molecule has 0 atom stereocenters. The van der Waals surface area contributed by atoms with Gasteiger partial charge in [-0.05, 0) is 12.1 Å². The van der Waals surface area contributed by atoms with Crippen LogP contribution in [-0.2, 0) is 16.6 Å². The first-order chi connectivity index (χ1) is 9.43. The van der Waals surface area contributed by atoms with Crippen LogP contribution in [0.4, 0.5) is 0 Å². The largest absolute Gasteiger partial charge is 0.472 e. The second-order valence-corrected chi connectivity index (χ2v) is 6.71. The molecule has 2 N–H and O–H groups in total. The zero-order valence-electron chi connectivity index (χ0n) is 10.8. The predicted molar refractivity (Wildman–Crippen MR) is 79.7 cm³/mol. The predicted octanol–water partition coefficient (Wildman–Crippen LogP) is 1.73. The molecule has 0 aliphatic rings. The van der Waals surface area contributed by atoms with E-state index in [-0.39, 0.29) is 16.4 Å². The van der Waals surface area contributed by atoms with Gasteiger partial charge in [-0.1, -0.05) is 30.4 Å². The lowest BCUT2D eigenvalue weighted by Gasteiger charge is -2.18. The summed E-state index contributed by atoms with van der Waals surface area (Å²) in [5.41, 5.74) is 6.70. The van der Waals surface area contributed by atoms with Crippen LogP contribution in [0.1, 0.15) is 11.1 Å². The number of nitrogens with zero attached hydrogens (tertiary/aromatic N) is 1. The monoisotopic (exact) mass is 310 g/mol. The zero-order chi connectivity index (χ0) is 14.8. The number of sulfonamides is 1. The third-order valence-corrected chi connectivity index (χ3v) is 4.91. The molecule has 1 aromatic carbocycles. The first-order valence-corrected chi connectivity index (χ1v) is 7.64. The van der Waals surface area contributed by atoms with E-state index in [4.69, 9.17) is 22.4 Å². The molecule has 1 heterocycles. The van der Waals surface area contributed by atoms with Crippen LogP contribution in [0.5, 0.6) is 0 Å². The summed E-state index contributed by atoms with van der Waals surface area (Å²) in [6.45, 7) is 0.213. The van der Waals surface area contributed by atoms with Crippen molar-refractivity contribution in [3.8, 4) is 0 Å². The van der Waals surface area contributed by atoms with Crippen molar-refractivity contribution in [2.45, 2.75) is 11.4 Å². The summed E-state index contributed by atoms with van der Waals surface area (Å²) in [5, 5.41) is 0. The van der Waals surface area contributed by atoms with E-state index in [0.29, 0.717) is 5.56 Å². The number of rotatable bonds is 5. The van der Waals surface area contributed by atoms with Crippen molar-refractivity contribution in [2.24, 2.45) is 5.73 Å². The third kappa shape index (κ3) is 2.90. The van der Waals surface area contributed by atoms with E-state index in [2.05, 4.69) is 0 Å². The van der Waals surface area contributed by atoms with Gasteiger partial charge in [0.2, 0.25) is 10.0 Å². The van der Waals surface area contributed by atoms with Crippen molar-refractivity contribution < 1.29 is 12.8 Å². The normalized spacial score (nSPS) is 11.7. The molecule has 106 valence electrons. The average Bonchev–Trinajstić information content (AvgIpc) is 2.91. The molecule has 0 saturated heterocycles. The molecule has 1 aromatic heterocycles. The van der Waals surface area contributed by atoms with E-state index in [1.54, 1.807) is 24.3 Å². The number of hydrogen-bond donors (Lipinski definition) is 1. The molecule has 2 aromatic rings. The molecule has 20 heavy (non-hydrogen) atoms. The Labute approximate surface area is 123 Å². The van der Waals surface area contributed by atoms with Gasteiger partial charge in [0, 0.05) is 24.7 Å². The van der Waals surface area contributed by atoms with Crippen LogP contribution in [0.25, 0.3) is 0 Å². The molecule has 0 bridgehead atoms. The Bertz CT molecular complexity index is 709. The van der Waals surface area contributed by atoms with Crippen LogP contribution in [0.3, 0.4) is 0 Å². The Morgan fingerprint density at radius 3 is 2.65 bits per heavy atom. The van der Waals surface area contributed by atoms with Crippen molar-refractivity contribution in [2.75, 3.05) is 7.05 Å². The Balaban J connectivity index is 2.37. The summed E-state index contributed by atoms with van der Waals surface area (Å²) >= 11 is 4.90. The standard InChI is InChI=1S/C13H14N2O3S2/c1-15(8-10-6-7-18-9-10)20(16,17)12-5-3-2-4-11(12)13(14)19/h2-7,9H,8H2,1H3,(H2,14,19). The average molecular weight is 310 g/mol. The van der Waals surface area contributed by atoms with Crippen LogP contribution < -0.4 is 5.73 Å². The van der Waals surface area contributed by atoms with Crippen LogP contribution >= 0.6 is 12.2 Å². The molecule has 0 spiro atoms. The van der Waals surface area contributed by atoms with Crippen molar-refractivity contribution >= 4 is 27.2 Å². The second-order valence-electron chi connectivity index (χ2n) is 4.25. The minimum atomic E-state index is -3.67. The van der Waals surface area contributed by atoms with Gasteiger partial charge >= 0.3 is 0 Å². The lowest BCUT2D eigenvalue weighted by Crippen LogP contribution is -2.28. The van der Waals surface area contributed by atoms with Gasteiger partial charge in [0.05, 0.1) is 17.4 Å². The highest BCUT2D eigenvalue weighted by atomic mass is 32.2. The highest BCUT2D eigenvalue weighted by Crippen LogP contribution is 2.20. The van der Waals surface area contributed by atoms with Crippen LogP contribution in [0.2, 0.25) is 0 Å². The Morgan fingerprint density at radius 2 is 2.05 bits per heavy atom. The number of furan rings is 1. The Hall–Kier alpha value is -1.70. The molecule has 0 amide bonds. The van der Waals surface area contributed by atoms with Crippen molar-refractivity contribution in [1.29, 1.82) is 0 Å². The molecule has 2 rings (SSSR count). The van der Waals surface area contributed by atoms with E-state index < -0.39 is 10.0 Å². The van der Waals surface area contributed by atoms with Gasteiger partial charge in [0.15, 0.2) is 0 Å². The van der Waals surface area contributed by atoms with E-state index in [0.717, 1.165) is 5.56 Å². The fraction of sp³-hybridized carbons (Fsp3) is 0.154. The van der Waals surface area contributed by atoms with E-state index in [1.165, 1.54) is 29.9 Å². The summed E-state index contributed by atoms with van der Waals surface area (Å²) < 4.78 is 31.3. The van der Waals surface area contributed by atoms with Crippen molar-refractivity contribution in [3.63, 3.8) is 0 Å².